The van der Waals surface area contributed by atoms with Gasteiger partial charge in [-0.1, -0.05) is 6.42 Å². The maximum absolute atomic E-state index is 14.9. The Kier molecular flexibility index (Phi) is 20.3. The van der Waals surface area contributed by atoms with Crippen LogP contribution in [0.15, 0.2) is 24.8 Å². The van der Waals surface area contributed by atoms with Gasteiger partial charge < -0.3 is 64.6 Å². The van der Waals surface area contributed by atoms with Gasteiger partial charge in [0, 0.05) is 61.0 Å². The monoisotopic (exact) mass is 922 g/mol. The summed E-state index contributed by atoms with van der Waals surface area (Å²) in [4.78, 5) is 129. The maximum atomic E-state index is 14.9. The standard InChI is InChI=1S/C36H50N12O13S2/c37-18(35(58)59)4-6-22(49)47-20(33(56)45-12-24(51)52)14-62-29(26-31(39)43-10-8-41-26)16-2-1-3-17(28(16)55)30(27-32(40)44-11-9-42-27)63-15-21(34(57)46-13-25(53)54)48-23(50)7-5-19(38)36(60)61/h8-11,16-21,29-30H,1-7,12-15,37-38H2,(H2,39,43)(H2,40,44)(H,45,56)(H,46,57)(H,47,49)(H,48,50)(H,51,52)(H,53,54)(H,58,59)(H,60,61). The molecule has 1 aliphatic rings. The number of carboxylic acids is 4. The molecule has 8 unspecified atom stereocenters. The normalized spacial score (nSPS) is 17.7. The molecule has 1 aliphatic carbocycles. The summed E-state index contributed by atoms with van der Waals surface area (Å²) in [6.07, 6.45) is 4.95. The van der Waals surface area contributed by atoms with E-state index in [1.165, 1.54) is 24.8 Å². The molecule has 344 valence electrons. The van der Waals surface area contributed by atoms with E-state index in [0.717, 1.165) is 23.5 Å². The van der Waals surface area contributed by atoms with E-state index in [-0.39, 0.29) is 78.8 Å². The van der Waals surface area contributed by atoms with Gasteiger partial charge in [0.2, 0.25) is 23.6 Å². The second-order valence-corrected chi connectivity index (χ2v) is 16.5. The number of aromatic nitrogens is 4. The lowest BCUT2D eigenvalue weighted by molar-refractivity contribution is -0.140. The Bertz CT molecular complexity index is 1860. The molecule has 0 aliphatic heterocycles. The van der Waals surface area contributed by atoms with Crippen LogP contribution < -0.4 is 44.2 Å². The average Bonchev–Trinajstić information content (AvgIpc) is 3.23. The molecule has 0 bridgehead atoms. The van der Waals surface area contributed by atoms with Crippen molar-refractivity contribution >= 4 is 88.4 Å². The van der Waals surface area contributed by atoms with Gasteiger partial charge in [-0.25, -0.2) is 9.97 Å². The van der Waals surface area contributed by atoms with Gasteiger partial charge in [0.25, 0.3) is 0 Å². The van der Waals surface area contributed by atoms with Crippen molar-refractivity contribution in [2.24, 2.45) is 23.3 Å². The predicted octanol–water partition coefficient (Wildman–Crippen LogP) is -2.58. The van der Waals surface area contributed by atoms with E-state index < -0.39 is 107 Å². The smallest absolute Gasteiger partial charge is 0.322 e. The summed E-state index contributed by atoms with van der Waals surface area (Å²) in [5.41, 5.74) is 24.0. The first kappa shape index (κ1) is 51.2. The van der Waals surface area contributed by atoms with E-state index >= 15 is 0 Å². The lowest BCUT2D eigenvalue weighted by Gasteiger charge is -2.37. The number of amides is 4. The quantitative estimate of drug-likeness (QED) is 0.0461. The fraction of sp³-hybridized carbons (Fsp3) is 0.528. The van der Waals surface area contributed by atoms with Crippen molar-refractivity contribution in [3.05, 3.63) is 36.2 Å². The predicted molar refractivity (Wildman–Crippen MR) is 224 cm³/mol. The van der Waals surface area contributed by atoms with Crippen LogP contribution in [-0.2, 0) is 43.2 Å². The van der Waals surface area contributed by atoms with Crippen molar-refractivity contribution in [2.75, 3.05) is 36.1 Å². The zero-order valence-electron chi connectivity index (χ0n) is 33.6. The molecule has 2 aromatic rings. The number of aliphatic carboxylic acids is 4. The third kappa shape index (κ3) is 16.2. The van der Waals surface area contributed by atoms with Crippen LogP contribution in [0.3, 0.4) is 0 Å². The number of Topliss-reactive ketones (excluding diaryl/α,β-unsaturated/α-hetero) is 1. The first-order valence-corrected chi connectivity index (χ1v) is 21.3. The van der Waals surface area contributed by atoms with Crippen molar-refractivity contribution in [1.29, 1.82) is 0 Å². The number of rotatable bonds is 26. The molecule has 0 aromatic carbocycles. The topological polar surface area (TPSA) is 438 Å². The molecule has 27 heteroatoms. The highest BCUT2D eigenvalue weighted by atomic mass is 32.2. The summed E-state index contributed by atoms with van der Waals surface area (Å²) in [7, 11) is 0. The van der Waals surface area contributed by atoms with E-state index in [0.29, 0.717) is 6.42 Å². The molecule has 16 N–H and O–H groups in total. The number of nitrogens with two attached hydrogens (primary N) is 4. The summed E-state index contributed by atoms with van der Waals surface area (Å²) in [5.74, 6) is -11.6. The van der Waals surface area contributed by atoms with Crippen LogP contribution in [0.5, 0.6) is 0 Å². The molecule has 1 saturated carbocycles. The van der Waals surface area contributed by atoms with Gasteiger partial charge in [-0.05, 0) is 25.7 Å². The number of thioether (sulfide) groups is 2. The van der Waals surface area contributed by atoms with Crippen molar-refractivity contribution < 1.29 is 63.6 Å². The first-order chi connectivity index (χ1) is 29.8. The lowest BCUT2D eigenvalue weighted by Crippen LogP contribution is -2.50. The Morgan fingerprint density at radius 2 is 1.00 bits per heavy atom. The third-order valence-electron chi connectivity index (χ3n) is 9.56. The molecular weight excluding hydrogens is 873 g/mol. The molecule has 2 heterocycles. The van der Waals surface area contributed by atoms with E-state index in [1.54, 1.807) is 0 Å². The van der Waals surface area contributed by atoms with Gasteiger partial charge in [0.15, 0.2) is 0 Å². The zero-order valence-corrected chi connectivity index (χ0v) is 35.2. The molecule has 0 radical (unpaired) electrons. The fourth-order valence-corrected chi connectivity index (χ4v) is 9.29. The second kappa shape index (κ2) is 25.1. The highest BCUT2D eigenvalue weighted by Gasteiger charge is 2.44. The maximum Gasteiger partial charge on any atom is 0.322 e. The van der Waals surface area contributed by atoms with Gasteiger partial charge in [-0.2, -0.15) is 0 Å². The van der Waals surface area contributed by atoms with Crippen LogP contribution in [0.25, 0.3) is 0 Å². The molecule has 0 saturated heterocycles. The number of nitrogens with zero attached hydrogens (tertiary/aromatic N) is 4. The molecule has 63 heavy (non-hydrogen) atoms. The van der Waals surface area contributed by atoms with Crippen LogP contribution in [0.4, 0.5) is 11.6 Å². The fourth-order valence-electron chi connectivity index (χ4n) is 6.34. The summed E-state index contributed by atoms with van der Waals surface area (Å²) in [6.45, 7) is -1.59. The molecule has 2 aromatic heterocycles. The molecule has 8 atom stereocenters. The molecule has 25 nitrogen and oxygen atoms in total. The SMILES string of the molecule is Nc1nccnc1C(SCC(NC(=O)CCC(N)C(=O)O)C(=O)NCC(=O)O)C1CCCC(C(SCC(NC(=O)CCC(N)C(=O)O)C(=O)NCC(=O)O)c2nccnc2N)C1=O. The van der Waals surface area contributed by atoms with E-state index in [1.807, 2.05) is 0 Å². The van der Waals surface area contributed by atoms with Gasteiger partial charge in [0.05, 0.1) is 21.9 Å². The van der Waals surface area contributed by atoms with Crippen molar-refractivity contribution in [3.63, 3.8) is 0 Å². The Morgan fingerprint density at radius 1 is 0.635 bits per heavy atom. The number of carbonyl (C=O) groups excluding carboxylic acids is 5. The van der Waals surface area contributed by atoms with Gasteiger partial charge in [0.1, 0.15) is 54.7 Å². The summed E-state index contributed by atoms with van der Waals surface area (Å²) in [6, 6.07) is -5.54. The Balaban J connectivity index is 1.99. The van der Waals surface area contributed by atoms with Crippen LogP contribution in [0, 0.1) is 11.8 Å². The number of carbonyl (C=O) groups is 9. The number of carboxylic acid groups (broad SMARTS) is 4. The summed E-state index contributed by atoms with van der Waals surface area (Å²) < 4.78 is 0. The number of anilines is 2. The third-order valence-corrected chi connectivity index (χ3v) is 12.4. The summed E-state index contributed by atoms with van der Waals surface area (Å²) >= 11 is 2.00. The highest BCUT2D eigenvalue weighted by molar-refractivity contribution is 7.99. The van der Waals surface area contributed by atoms with Crippen LogP contribution in [0.1, 0.15) is 66.8 Å². The van der Waals surface area contributed by atoms with Gasteiger partial charge in [-0.15, -0.1) is 23.5 Å². The van der Waals surface area contributed by atoms with Crippen LogP contribution in [0.2, 0.25) is 0 Å². The minimum absolute atomic E-state index is 0.0529. The van der Waals surface area contributed by atoms with Crippen LogP contribution >= 0.6 is 23.5 Å². The number of nitrogen functional groups attached to an aromatic ring is 2. The van der Waals surface area contributed by atoms with E-state index in [2.05, 4.69) is 41.2 Å². The molecule has 4 amide bonds. The average molecular weight is 923 g/mol. The molecule has 0 spiro atoms. The largest absolute Gasteiger partial charge is 0.480 e. The Labute approximate surface area is 367 Å². The number of hydrogen-bond acceptors (Lipinski definition) is 19. The van der Waals surface area contributed by atoms with Crippen LogP contribution in [-0.4, -0.2) is 142 Å². The van der Waals surface area contributed by atoms with Gasteiger partial charge >= 0.3 is 23.9 Å². The Hall–Kier alpha value is -6.19. The van der Waals surface area contributed by atoms with E-state index in [4.69, 9.17) is 33.1 Å². The molecular formula is C36H50N12O13S2. The van der Waals surface area contributed by atoms with Gasteiger partial charge in [-0.3, -0.25) is 53.1 Å². The number of ketones is 1. The van der Waals surface area contributed by atoms with Crippen molar-refractivity contribution in [1.82, 2.24) is 41.2 Å². The summed E-state index contributed by atoms with van der Waals surface area (Å²) in [5, 5.41) is 44.1. The number of hydrogen-bond donors (Lipinski definition) is 12. The second-order valence-electron chi connectivity index (χ2n) is 14.1. The minimum atomic E-state index is -1.40. The highest BCUT2D eigenvalue weighted by Crippen LogP contribution is 2.49. The van der Waals surface area contributed by atoms with Crippen molar-refractivity contribution in [3.8, 4) is 0 Å². The van der Waals surface area contributed by atoms with E-state index in [9.17, 15) is 53.4 Å². The Morgan fingerprint density at radius 3 is 1.33 bits per heavy atom. The number of nitrogens with one attached hydrogen (secondary N) is 4. The minimum Gasteiger partial charge on any atom is -0.480 e. The lowest BCUT2D eigenvalue weighted by atomic mass is 9.75. The first-order valence-electron chi connectivity index (χ1n) is 19.2. The molecule has 3 rings (SSSR count). The van der Waals surface area contributed by atoms with Crippen molar-refractivity contribution in [2.45, 2.75) is 79.6 Å². The zero-order chi connectivity index (χ0) is 46.8. The molecule has 1 fully saturated rings.